The van der Waals surface area contributed by atoms with Crippen LogP contribution in [-0.4, -0.2) is 23.0 Å². The Hall–Kier alpha value is -1.84. The van der Waals surface area contributed by atoms with Crippen LogP contribution in [0.1, 0.15) is 27.7 Å². The molecule has 0 aliphatic rings. The molecule has 0 saturated heterocycles. The number of ketones is 1. The zero-order chi connectivity index (χ0) is 14.4. The molecule has 4 heteroatoms. The molecule has 0 aliphatic heterocycles. The molecule has 100 valence electrons. The van der Waals surface area contributed by atoms with Crippen LogP contribution in [0.5, 0.6) is 0 Å². The summed E-state index contributed by atoms with van der Waals surface area (Å²) in [5.74, 6) is -0.751. The highest BCUT2D eigenvalue weighted by Crippen LogP contribution is 2.16. The average molecular weight is 252 g/mol. The molecule has 0 amide bonds. The van der Waals surface area contributed by atoms with E-state index < -0.39 is 17.2 Å². The molecule has 0 N–H and O–H groups in total. The van der Waals surface area contributed by atoms with Gasteiger partial charge in [-0.2, -0.15) is 0 Å². The maximum absolute atomic E-state index is 11.4. The van der Waals surface area contributed by atoms with E-state index in [1.807, 2.05) is 0 Å². The molecule has 0 atom stereocenters. The minimum atomic E-state index is -0.989. The molecular weight excluding hydrogens is 232 g/mol. The van der Waals surface area contributed by atoms with E-state index in [1.165, 1.54) is 12.3 Å². The standard InChI is InChI=1S/C14H20O4/c1-7-11(15)14(5,6)17-10-9-13(3,4)18-12(16)8-2/h7-10H,1-2H2,3-6H3/b10-9+. The first kappa shape index (κ1) is 16.2. The Morgan fingerprint density at radius 3 is 2.06 bits per heavy atom. The van der Waals surface area contributed by atoms with Gasteiger partial charge in [0.1, 0.15) is 5.60 Å². The first-order valence-corrected chi connectivity index (χ1v) is 5.52. The summed E-state index contributed by atoms with van der Waals surface area (Å²) in [7, 11) is 0. The van der Waals surface area contributed by atoms with Crippen LogP contribution in [0.2, 0.25) is 0 Å². The van der Waals surface area contributed by atoms with Gasteiger partial charge in [-0.1, -0.05) is 13.2 Å². The molecule has 4 nitrogen and oxygen atoms in total. The lowest BCUT2D eigenvalue weighted by molar-refractivity contribution is -0.146. The Labute approximate surface area is 108 Å². The lowest BCUT2D eigenvalue weighted by Crippen LogP contribution is -2.32. The molecule has 0 spiro atoms. The Morgan fingerprint density at radius 2 is 1.61 bits per heavy atom. The number of carbonyl (C=O) groups excluding carboxylic acids is 2. The van der Waals surface area contributed by atoms with Crippen LogP contribution in [0.15, 0.2) is 37.6 Å². The van der Waals surface area contributed by atoms with E-state index in [0.29, 0.717) is 0 Å². The van der Waals surface area contributed by atoms with Crippen molar-refractivity contribution in [3.05, 3.63) is 37.6 Å². The van der Waals surface area contributed by atoms with Crippen molar-refractivity contribution in [2.45, 2.75) is 38.9 Å². The van der Waals surface area contributed by atoms with Gasteiger partial charge >= 0.3 is 5.97 Å². The van der Waals surface area contributed by atoms with Gasteiger partial charge in [-0.3, -0.25) is 4.79 Å². The summed E-state index contributed by atoms with van der Waals surface area (Å²) in [6, 6.07) is 0. The van der Waals surface area contributed by atoms with Crippen LogP contribution in [0, 0.1) is 0 Å². The zero-order valence-electron chi connectivity index (χ0n) is 11.4. The Bertz CT molecular complexity index is 375. The van der Waals surface area contributed by atoms with Gasteiger partial charge in [-0.05, 0) is 39.8 Å². The molecule has 0 aromatic carbocycles. The first-order valence-electron chi connectivity index (χ1n) is 5.52. The number of ether oxygens (including phenoxy) is 2. The molecule has 0 unspecified atom stereocenters. The topological polar surface area (TPSA) is 52.6 Å². The molecular formula is C14H20O4. The van der Waals surface area contributed by atoms with Crippen molar-refractivity contribution < 1.29 is 19.1 Å². The maximum atomic E-state index is 11.4. The fraction of sp³-hybridized carbons (Fsp3) is 0.429. The second kappa shape index (κ2) is 6.19. The van der Waals surface area contributed by atoms with Gasteiger partial charge in [-0.25, -0.2) is 4.79 Å². The van der Waals surface area contributed by atoms with Crippen LogP contribution in [-0.2, 0) is 19.1 Å². The SMILES string of the molecule is C=CC(=O)OC(C)(C)/C=C/OC(C)(C)C(=O)C=C. The van der Waals surface area contributed by atoms with Crippen molar-refractivity contribution in [2.24, 2.45) is 0 Å². The second-order valence-corrected chi connectivity index (χ2v) is 4.73. The fourth-order valence-electron chi connectivity index (χ4n) is 1.01. The fourth-order valence-corrected chi connectivity index (χ4v) is 1.01. The third-order valence-corrected chi connectivity index (χ3v) is 2.14. The molecule has 0 aromatic heterocycles. The Morgan fingerprint density at radius 1 is 1.06 bits per heavy atom. The molecule has 0 radical (unpaired) electrons. The summed E-state index contributed by atoms with van der Waals surface area (Å²) in [6.45, 7) is 13.4. The van der Waals surface area contributed by atoms with Crippen molar-refractivity contribution >= 4 is 11.8 Å². The Balaban J connectivity index is 4.56. The quantitative estimate of drug-likeness (QED) is 0.397. The van der Waals surface area contributed by atoms with Gasteiger partial charge < -0.3 is 9.47 Å². The highest BCUT2D eigenvalue weighted by atomic mass is 16.6. The van der Waals surface area contributed by atoms with Gasteiger partial charge in [0.05, 0.1) is 6.26 Å². The van der Waals surface area contributed by atoms with Crippen LogP contribution < -0.4 is 0 Å². The lowest BCUT2D eigenvalue weighted by Gasteiger charge is -2.23. The Kier molecular flexibility index (Phi) is 5.56. The smallest absolute Gasteiger partial charge is 0.330 e. The largest absolute Gasteiger partial charge is 0.488 e. The van der Waals surface area contributed by atoms with Gasteiger partial charge in [0.25, 0.3) is 0 Å². The van der Waals surface area contributed by atoms with Crippen molar-refractivity contribution in [2.75, 3.05) is 0 Å². The normalized spacial score (nSPS) is 12.0. The van der Waals surface area contributed by atoms with E-state index in [1.54, 1.807) is 33.8 Å². The van der Waals surface area contributed by atoms with E-state index >= 15 is 0 Å². The number of carbonyl (C=O) groups is 2. The monoisotopic (exact) mass is 252 g/mol. The summed E-state index contributed by atoms with van der Waals surface area (Å²) in [6.07, 6.45) is 5.18. The van der Waals surface area contributed by atoms with Crippen molar-refractivity contribution in [1.29, 1.82) is 0 Å². The van der Waals surface area contributed by atoms with Crippen molar-refractivity contribution in [1.82, 2.24) is 0 Å². The van der Waals surface area contributed by atoms with E-state index in [2.05, 4.69) is 13.2 Å². The van der Waals surface area contributed by atoms with Crippen molar-refractivity contribution in [3.63, 3.8) is 0 Å². The minimum absolute atomic E-state index is 0.229. The molecule has 0 heterocycles. The average Bonchev–Trinajstić information content (AvgIpc) is 2.26. The molecule has 18 heavy (non-hydrogen) atoms. The molecule has 0 bridgehead atoms. The van der Waals surface area contributed by atoms with Crippen LogP contribution >= 0.6 is 0 Å². The van der Waals surface area contributed by atoms with E-state index in [-0.39, 0.29) is 5.78 Å². The third-order valence-electron chi connectivity index (χ3n) is 2.14. The van der Waals surface area contributed by atoms with Gasteiger partial charge in [0.15, 0.2) is 11.4 Å². The molecule has 0 aromatic rings. The highest BCUT2D eigenvalue weighted by molar-refractivity contribution is 5.95. The number of esters is 1. The zero-order valence-corrected chi connectivity index (χ0v) is 11.4. The number of hydrogen-bond acceptors (Lipinski definition) is 4. The molecule has 0 rings (SSSR count). The van der Waals surface area contributed by atoms with Gasteiger partial charge in [-0.15, -0.1) is 0 Å². The summed E-state index contributed by atoms with van der Waals surface area (Å²) < 4.78 is 10.4. The third kappa shape index (κ3) is 5.48. The number of hydrogen-bond donors (Lipinski definition) is 0. The summed E-state index contributed by atoms with van der Waals surface area (Å²) in [5, 5.41) is 0. The van der Waals surface area contributed by atoms with Crippen LogP contribution in [0.4, 0.5) is 0 Å². The van der Waals surface area contributed by atoms with Crippen LogP contribution in [0.25, 0.3) is 0 Å². The predicted octanol–water partition coefficient (Wildman–Crippen LogP) is 2.56. The molecule has 0 aliphatic carbocycles. The summed E-state index contributed by atoms with van der Waals surface area (Å²) >= 11 is 0. The highest BCUT2D eigenvalue weighted by Gasteiger charge is 2.26. The van der Waals surface area contributed by atoms with Gasteiger partial charge in [0, 0.05) is 6.08 Å². The van der Waals surface area contributed by atoms with E-state index in [0.717, 1.165) is 6.08 Å². The predicted molar refractivity (Wildman–Crippen MR) is 69.9 cm³/mol. The van der Waals surface area contributed by atoms with E-state index in [9.17, 15) is 9.59 Å². The molecule has 0 saturated carbocycles. The summed E-state index contributed by atoms with van der Waals surface area (Å²) in [4.78, 5) is 22.5. The van der Waals surface area contributed by atoms with Crippen molar-refractivity contribution in [3.8, 4) is 0 Å². The minimum Gasteiger partial charge on any atom is -0.488 e. The first-order chi connectivity index (χ1) is 8.14. The van der Waals surface area contributed by atoms with E-state index in [4.69, 9.17) is 9.47 Å². The summed E-state index contributed by atoms with van der Waals surface area (Å²) in [5.41, 5.74) is -1.82. The maximum Gasteiger partial charge on any atom is 0.330 e. The lowest BCUT2D eigenvalue weighted by atomic mass is 10.0. The second-order valence-electron chi connectivity index (χ2n) is 4.73. The van der Waals surface area contributed by atoms with Gasteiger partial charge in [0.2, 0.25) is 0 Å². The molecule has 0 fully saturated rings. The van der Waals surface area contributed by atoms with Crippen LogP contribution in [0.3, 0.4) is 0 Å². The number of rotatable bonds is 7.